The van der Waals surface area contributed by atoms with Gasteiger partial charge in [-0.1, -0.05) is 25.4 Å². The Morgan fingerprint density at radius 2 is 2.04 bits per heavy atom. The van der Waals surface area contributed by atoms with E-state index in [0.29, 0.717) is 16.9 Å². The van der Waals surface area contributed by atoms with Gasteiger partial charge in [0.2, 0.25) is 0 Å². The summed E-state index contributed by atoms with van der Waals surface area (Å²) in [5.41, 5.74) is 1.07. The van der Waals surface area contributed by atoms with Crippen molar-refractivity contribution < 1.29 is 13.2 Å². The molecule has 0 aliphatic carbocycles. The molecule has 0 spiro atoms. The Bertz CT molecular complexity index is 768. The lowest BCUT2D eigenvalue weighted by Crippen LogP contribution is -2.24. The molecule has 1 saturated heterocycles. The Kier molecular flexibility index (Phi) is 5.19. The zero-order chi connectivity index (χ0) is 19.1. The number of aromatic nitrogens is 3. The Balaban J connectivity index is 1.90. The predicted octanol–water partition coefficient (Wildman–Crippen LogP) is 5.26. The second-order valence-corrected chi connectivity index (χ2v) is 7.48. The second-order valence-electron chi connectivity index (χ2n) is 7.12. The molecule has 1 aliphatic heterocycles. The highest BCUT2D eigenvalue weighted by atomic mass is 35.5. The molecule has 1 unspecified atom stereocenters. The maximum atomic E-state index is 12.8. The first-order chi connectivity index (χ1) is 12.2. The van der Waals surface area contributed by atoms with E-state index in [1.165, 1.54) is 6.07 Å². The van der Waals surface area contributed by atoms with Crippen LogP contribution in [-0.4, -0.2) is 21.3 Å². The highest BCUT2D eigenvalue weighted by molar-refractivity contribution is 6.30. The normalized spacial score (nSPS) is 18.2. The van der Waals surface area contributed by atoms with Crippen LogP contribution in [0.25, 0.3) is 0 Å². The average Bonchev–Trinajstić information content (AvgIpc) is 3.11. The summed E-state index contributed by atoms with van der Waals surface area (Å²) in [5.74, 6) is 0.948. The molecule has 2 aromatic heterocycles. The van der Waals surface area contributed by atoms with E-state index in [1.807, 2.05) is 16.5 Å². The number of hydrogen-bond donors (Lipinski definition) is 0. The lowest BCUT2D eigenvalue weighted by Gasteiger charge is -2.26. The monoisotopic (exact) mass is 386 g/mol. The molecule has 1 atom stereocenters. The van der Waals surface area contributed by atoms with Gasteiger partial charge in [-0.2, -0.15) is 18.3 Å². The van der Waals surface area contributed by atoms with Gasteiger partial charge in [0.1, 0.15) is 11.0 Å². The highest BCUT2D eigenvalue weighted by Gasteiger charge is 2.34. The van der Waals surface area contributed by atoms with E-state index < -0.39 is 11.7 Å². The largest absolute Gasteiger partial charge is 0.417 e. The zero-order valence-corrected chi connectivity index (χ0v) is 15.8. The van der Waals surface area contributed by atoms with Crippen molar-refractivity contribution >= 4 is 17.4 Å². The maximum Gasteiger partial charge on any atom is 0.417 e. The minimum absolute atomic E-state index is 0.0207. The fourth-order valence-electron chi connectivity index (χ4n) is 3.48. The SMILES string of the molecule is Cc1nn(CC(C)C)c(Cl)c1C1CCCN1c1ccc(C(F)(F)F)cn1. The highest BCUT2D eigenvalue weighted by Crippen LogP contribution is 2.40. The third kappa shape index (κ3) is 3.68. The Labute approximate surface area is 156 Å². The van der Waals surface area contributed by atoms with Crippen LogP contribution in [0.2, 0.25) is 5.15 Å². The molecule has 3 rings (SSSR count). The van der Waals surface area contributed by atoms with Crippen molar-refractivity contribution in [3.63, 3.8) is 0 Å². The van der Waals surface area contributed by atoms with E-state index >= 15 is 0 Å². The standard InChI is InChI=1S/C18H22ClF3N4/c1-11(2)10-26-17(19)16(12(3)24-26)14-5-4-8-25(14)15-7-6-13(9-23-15)18(20,21)22/h6-7,9,11,14H,4-5,8,10H2,1-3H3. The van der Waals surface area contributed by atoms with Crippen molar-refractivity contribution in [1.29, 1.82) is 0 Å². The van der Waals surface area contributed by atoms with Crippen molar-refractivity contribution in [3.8, 4) is 0 Å². The van der Waals surface area contributed by atoms with Crippen LogP contribution in [0.4, 0.5) is 19.0 Å². The van der Waals surface area contributed by atoms with Gasteiger partial charge in [0.25, 0.3) is 0 Å². The van der Waals surface area contributed by atoms with Crippen LogP contribution in [0.15, 0.2) is 18.3 Å². The van der Waals surface area contributed by atoms with Gasteiger partial charge >= 0.3 is 6.18 Å². The van der Waals surface area contributed by atoms with Gasteiger partial charge in [0.15, 0.2) is 0 Å². The summed E-state index contributed by atoms with van der Waals surface area (Å²) >= 11 is 6.60. The summed E-state index contributed by atoms with van der Waals surface area (Å²) in [7, 11) is 0. The number of pyridine rings is 1. The number of aryl methyl sites for hydroxylation is 1. The number of halogens is 4. The van der Waals surface area contributed by atoms with E-state index in [2.05, 4.69) is 23.9 Å². The number of anilines is 1. The van der Waals surface area contributed by atoms with Crippen molar-refractivity contribution in [2.75, 3.05) is 11.4 Å². The molecular formula is C18H22ClF3N4. The fraction of sp³-hybridized carbons (Fsp3) is 0.556. The predicted molar refractivity (Wildman–Crippen MR) is 95.4 cm³/mol. The summed E-state index contributed by atoms with van der Waals surface area (Å²) in [6, 6.07) is 2.49. The molecule has 0 N–H and O–H groups in total. The van der Waals surface area contributed by atoms with Gasteiger partial charge in [0.05, 0.1) is 17.3 Å². The van der Waals surface area contributed by atoms with Gasteiger partial charge in [0, 0.05) is 24.8 Å². The molecule has 0 saturated carbocycles. The molecule has 0 radical (unpaired) electrons. The molecule has 1 fully saturated rings. The first kappa shape index (κ1) is 19.0. The average molecular weight is 387 g/mol. The van der Waals surface area contributed by atoms with Gasteiger partial charge in [-0.3, -0.25) is 4.68 Å². The zero-order valence-electron chi connectivity index (χ0n) is 15.0. The van der Waals surface area contributed by atoms with Crippen LogP contribution < -0.4 is 4.90 Å². The van der Waals surface area contributed by atoms with Crippen molar-refractivity contribution in [2.24, 2.45) is 5.92 Å². The molecule has 2 aromatic rings. The molecule has 3 heterocycles. The summed E-state index contributed by atoms with van der Waals surface area (Å²) in [6.07, 6.45) is -1.69. The topological polar surface area (TPSA) is 34.0 Å². The van der Waals surface area contributed by atoms with Gasteiger partial charge in [-0.15, -0.1) is 0 Å². The number of alkyl halides is 3. The lowest BCUT2D eigenvalue weighted by molar-refractivity contribution is -0.137. The van der Waals surface area contributed by atoms with E-state index in [0.717, 1.165) is 49.5 Å². The summed E-state index contributed by atoms with van der Waals surface area (Å²) in [6.45, 7) is 7.58. The molecule has 0 amide bonds. The minimum Gasteiger partial charge on any atom is -0.349 e. The van der Waals surface area contributed by atoms with Crippen LogP contribution in [0.5, 0.6) is 0 Å². The maximum absolute atomic E-state index is 12.8. The van der Waals surface area contributed by atoms with E-state index in [4.69, 9.17) is 11.6 Å². The summed E-state index contributed by atoms with van der Waals surface area (Å²) < 4.78 is 40.1. The smallest absolute Gasteiger partial charge is 0.349 e. The third-order valence-electron chi connectivity index (χ3n) is 4.60. The number of hydrogen-bond acceptors (Lipinski definition) is 3. The first-order valence-corrected chi connectivity index (χ1v) is 9.09. The van der Waals surface area contributed by atoms with Crippen molar-refractivity contribution in [1.82, 2.24) is 14.8 Å². The van der Waals surface area contributed by atoms with Gasteiger partial charge < -0.3 is 4.90 Å². The van der Waals surface area contributed by atoms with Gasteiger partial charge in [-0.25, -0.2) is 4.98 Å². The molecule has 0 aromatic carbocycles. The second kappa shape index (κ2) is 7.10. The molecule has 4 nitrogen and oxygen atoms in total. The minimum atomic E-state index is -4.38. The van der Waals surface area contributed by atoms with E-state index in [9.17, 15) is 13.2 Å². The molecular weight excluding hydrogens is 365 g/mol. The Hall–Kier alpha value is -1.76. The molecule has 8 heteroatoms. The fourth-order valence-corrected chi connectivity index (χ4v) is 3.85. The summed E-state index contributed by atoms with van der Waals surface area (Å²) in [5, 5.41) is 5.17. The van der Waals surface area contributed by atoms with Crippen LogP contribution in [0.3, 0.4) is 0 Å². The van der Waals surface area contributed by atoms with Gasteiger partial charge in [-0.05, 0) is 37.8 Å². The van der Waals surface area contributed by atoms with Crippen molar-refractivity contribution in [3.05, 3.63) is 40.3 Å². The van der Waals surface area contributed by atoms with E-state index in [1.54, 1.807) is 0 Å². The Morgan fingerprint density at radius 1 is 1.31 bits per heavy atom. The van der Waals surface area contributed by atoms with Crippen LogP contribution in [0, 0.1) is 12.8 Å². The number of rotatable bonds is 4. The summed E-state index contributed by atoms with van der Waals surface area (Å²) in [4.78, 5) is 6.08. The van der Waals surface area contributed by atoms with Crippen LogP contribution >= 0.6 is 11.6 Å². The van der Waals surface area contributed by atoms with E-state index in [-0.39, 0.29) is 6.04 Å². The molecule has 0 bridgehead atoms. The molecule has 1 aliphatic rings. The quantitative estimate of drug-likeness (QED) is 0.719. The lowest BCUT2D eigenvalue weighted by atomic mass is 10.1. The number of nitrogens with zero attached hydrogens (tertiary/aromatic N) is 4. The van der Waals surface area contributed by atoms with Crippen LogP contribution in [0.1, 0.15) is 49.6 Å². The molecule has 26 heavy (non-hydrogen) atoms. The Morgan fingerprint density at radius 3 is 2.62 bits per heavy atom. The molecule has 142 valence electrons. The van der Waals surface area contributed by atoms with Crippen LogP contribution in [-0.2, 0) is 12.7 Å². The first-order valence-electron chi connectivity index (χ1n) is 8.71. The third-order valence-corrected chi connectivity index (χ3v) is 5.00. The van der Waals surface area contributed by atoms with Crippen molar-refractivity contribution in [2.45, 2.75) is 52.4 Å².